The summed E-state index contributed by atoms with van der Waals surface area (Å²) >= 11 is 0. The first-order chi connectivity index (χ1) is 18.6. The Morgan fingerprint density at radius 2 is 1.41 bits per heavy atom. The Kier molecular flexibility index (Phi) is 8.70. The highest BCUT2D eigenvalue weighted by molar-refractivity contribution is 5.70. The van der Waals surface area contributed by atoms with Gasteiger partial charge in [-0.2, -0.15) is 0 Å². The van der Waals surface area contributed by atoms with Crippen LogP contribution in [-0.2, 0) is 49.3 Å². The number of fused-ring (bicyclic) bond motifs is 1. The van der Waals surface area contributed by atoms with Crippen LogP contribution in [0.2, 0.25) is 0 Å². The molecule has 1 fully saturated rings. The summed E-state index contributed by atoms with van der Waals surface area (Å²) in [6.07, 6.45) is -5.26. The second-order valence-electron chi connectivity index (χ2n) is 9.21. The third-order valence-corrected chi connectivity index (χ3v) is 6.24. The van der Waals surface area contributed by atoms with E-state index in [1.165, 1.54) is 19.4 Å². The van der Waals surface area contributed by atoms with Crippen LogP contribution in [0.4, 0.5) is 11.4 Å². The van der Waals surface area contributed by atoms with Gasteiger partial charge in [-0.25, -0.2) is 0 Å². The van der Waals surface area contributed by atoms with Crippen LogP contribution in [0.1, 0.15) is 33.3 Å². The zero-order valence-electron chi connectivity index (χ0n) is 22.2. The van der Waals surface area contributed by atoms with Gasteiger partial charge in [0.05, 0.1) is 0 Å². The van der Waals surface area contributed by atoms with Gasteiger partial charge >= 0.3 is 23.9 Å². The van der Waals surface area contributed by atoms with Crippen molar-refractivity contribution < 1.29 is 47.6 Å². The summed E-state index contributed by atoms with van der Waals surface area (Å²) in [4.78, 5) is 49.6. The van der Waals surface area contributed by atoms with Gasteiger partial charge in [-0.3, -0.25) is 19.2 Å². The number of benzene rings is 2. The number of rotatable bonds is 8. The standard InChI is InChI=1S/C28H31NO10/c1-16(30)34-15-24-25(35-17(2)31)26(36-18(3)32)27(37-19(4)33)28(39-24)38-22-11-9-21(10-12-22)29-14-13-20-7-5-6-8-23(20)29/h5-12,24-28H,13-15H2,1-4H3/t24-,25-,26+,27+,28+/m1/s1. The first kappa shape index (κ1) is 27.9. The lowest BCUT2D eigenvalue weighted by Gasteiger charge is -2.43. The highest BCUT2D eigenvalue weighted by Crippen LogP contribution is 2.36. The fourth-order valence-electron chi connectivity index (χ4n) is 4.73. The van der Waals surface area contributed by atoms with Crippen molar-refractivity contribution in [2.24, 2.45) is 0 Å². The molecule has 0 N–H and O–H groups in total. The molecule has 0 unspecified atom stereocenters. The van der Waals surface area contributed by atoms with Gasteiger partial charge < -0.3 is 33.3 Å². The third kappa shape index (κ3) is 6.85. The van der Waals surface area contributed by atoms with E-state index in [-0.39, 0.29) is 6.61 Å². The number of nitrogens with zero attached hydrogens (tertiary/aromatic N) is 1. The maximum atomic E-state index is 12.0. The van der Waals surface area contributed by atoms with Crippen LogP contribution in [0, 0.1) is 0 Å². The van der Waals surface area contributed by atoms with Crippen LogP contribution in [0.15, 0.2) is 48.5 Å². The van der Waals surface area contributed by atoms with Crippen LogP contribution in [0.5, 0.6) is 5.75 Å². The summed E-state index contributed by atoms with van der Waals surface area (Å²) in [5, 5.41) is 0. The maximum absolute atomic E-state index is 12.0. The predicted octanol–water partition coefficient (Wildman–Crippen LogP) is 2.84. The van der Waals surface area contributed by atoms with E-state index < -0.39 is 54.6 Å². The van der Waals surface area contributed by atoms with Gasteiger partial charge in [0, 0.05) is 45.6 Å². The molecule has 2 aliphatic heterocycles. The van der Waals surface area contributed by atoms with Crippen molar-refractivity contribution in [3.63, 3.8) is 0 Å². The monoisotopic (exact) mass is 541 g/mol. The second kappa shape index (κ2) is 12.2. The Morgan fingerprint density at radius 3 is 2.05 bits per heavy atom. The van der Waals surface area contributed by atoms with Gasteiger partial charge in [0.1, 0.15) is 18.5 Å². The molecule has 0 radical (unpaired) electrons. The molecule has 0 spiro atoms. The van der Waals surface area contributed by atoms with E-state index >= 15 is 0 Å². The lowest BCUT2D eigenvalue weighted by Crippen LogP contribution is -2.63. The summed E-state index contributed by atoms with van der Waals surface area (Å²) in [6, 6.07) is 15.5. The number of hydrogen-bond donors (Lipinski definition) is 0. The molecule has 208 valence electrons. The molecule has 2 aliphatic rings. The molecule has 5 atom stereocenters. The van der Waals surface area contributed by atoms with E-state index in [2.05, 4.69) is 17.0 Å². The molecule has 2 heterocycles. The SMILES string of the molecule is CC(=O)OC[C@H]1O[C@H](Oc2ccc(N3CCc4ccccc43)cc2)[C@@H](OC(C)=O)[C@@H](OC(C)=O)[C@@H]1OC(C)=O. The zero-order valence-corrected chi connectivity index (χ0v) is 22.2. The van der Waals surface area contributed by atoms with E-state index in [1.54, 1.807) is 12.1 Å². The topological polar surface area (TPSA) is 127 Å². The molecular weight excluding hydrogens is 510 g/mol. The lowest BCUT2D eigenvalue weighted by molar-refractivity contribution is -0.288. The summed E-state index contributed by atoms with van der Waals surface area (Å²) in [6.45, 7) is 5.23. The van der Waals surface area contributed by atoms with E-state index in [0.29, 0.717) is 5.75 Å². The summed E-state index contributed by atoms with van der Waals surface area (Å²) in [7, 11) is 0. The van der Waals surface area contributed by atoms with Crippen LogP contribution >= 0.6 is 0 Å². The fraction of sp³-hybridized carbons (Fsp3) is 0.429. The number of hydrogen-bond acceptors (Lipinski definition) is 11. The van der Waals surface area contributed by atoms with Crippen LogP contribution < -0.4 is 9.64 Å². The normalized spacial score (nSPS) is 23.8. The highest BCUT2D eigenvalue weighted by Gasteiger charge is 2.53. The van der Waals surface area contributed by atoms with Crippen molar-refractivity contribution in [1.29, 1.82) is 0 Å². The smallest absolute Gasteiger partial charge is 0.303 e. The van der Waals surface area contributed by atoms with Gasteiger partial charge in [0.2, 0.25) is 12.4 Å². The Labute approximate surface area is 225 Å². The van der Waals surface area contributed by atoms with E-state index in [0.717, 1.165) is 38.2 Å². The first-order valence-electron chi connectivity index (χ1n) is 12.5. The Bertz CT molecular complexity index is 1210. The van der Waals surface area contributed by atoms with Gasteiger partial charge in [0.15, 0.2) is 12.2 Å². The number of ether oxygens (including phenoxy) is 6. The van der Waals surface area contributed by atoms with Crippen molar-refractivity contribution in [1.82, 2.24) is 0 Å². The molecule has 11 nitrogen and oxygen atoms in total. The molecule has 0 aliphatic carbocycles. The molecule has 0 saturated carbocycles. The molecule has 2 aromatic rings. The maximum Gasteiger partial charge on any atom is 0.303 e. The van der Waals surface area contributed by atoms with E-state index in [4.69, 9.17) is 28.4 Å². The Hall–Kier alpha value is -4.12. The van der Waals surface area contributed by atoms with Crippen molar-refractivity contribution in [3.05, 3.63) is 54.1 Å². The average Bonchev–Trinajstić information content (AvgIpc) is 3.30. The van der Waals surface area contributed by atoms with E-state index in [1.807, 2.05) is 24.3 Å². The minimum atomic E-state index is -1.30. The van der Waals surface area contributed by atoms with Crippen LogP contribution in [0.25, 0.3) is 0 Å². The minimum absolute atomic E-state index is 0.328. The molecule has 0 aromatic heterocycles. The Morgan fingerprint density at radius 1 is 0.795 bits per heavy atom. The lowest BCUT2D eigenvalue weighted by atomic mass is 9.98. The number of esters is 4. The van der Waals surface area contributed by atoms with Gasteiger partial charge in [0.25, 0.3) is 0 Å². The number of anilines is 2. The largest absolute Gasteiger partial charge is 0.463 e. The zero-order chi connectivity index (χ0) is 28.1. The quantitative estimate of drug-likeness (QED) is 0.362. The molecule has 11 heteroatoms. The van der Waals surface area contributed by atoms with E-state index in [9.17, 15) is 19.2 Å². The van der Waals surface area contributed by atoms with Gasteiger partial charge in [-0.05, 0) is 42.3 Å². The van der Waals surface area contributed by atoms with Crippen molar-refractivity contribution >= 4 is 35.3 Å². The second-order valence-corrected chi connectivity index (χ2v) is 9.21. The highest BCUT2D eigenvalue weighted by atomic mass is 16.7. The summed E-state index contributed by atoms with van der Waals surface area (Å²) in [5.74, 6) is -2.32. The molecule has 39 heavy (non-hydrogen) atoms. The number of carbonyl (C=O) groups excluding carboxylic acids is 4. The Balaban J connectivity index is 1.60. The number of carbonyl (C=O) groups is 4. The molecule has 0 bridgehead atoms. The van der Waals surface area contributed by atoms with Crippen molar-refractivity contribution in [3.8, 4) is 5.75 Å². The molecular formula is C28H31NO10. The molecule has 2 aromatic carbocycles. The fourth-order valence-corrected chi connectivity index (χ4v) is 4.73. The summed E-state index contributed by atoms with van der Waals surface area (Å²) < 4.78 is 33.4. The molecule has 4 rings (SSSR count). The third-order valence-electron chi connectivity index (χ3n) is 6.24. The average molecular weight is 542 g/mol. The molecule has 0 amide bonds. The van der Waals surface area contributed by atoms with Gasteiger partial charge in [-0.1, -0.05) is 18.2 Å². The molecule has 1 saturated heterocycles. The van der Waals surface area contributed by atoms with Crippen molar-refractivity contribution in [2.45, 2.75) is 64.8 Å². The summed E-state index contributed by atoms with van der Waals surface area (Å²) in [5.41, 5.74) is 3.38. The van der Waals surface area contributed by atoms with Crippen LogP contribution in [-0.4, -0.2) is 67.7 Å². The first-order valence-corrected chi connectivity index (χ1v) is 12.5. The number of para-hydroxylation sites is 1. The van der Waals surface area contributed by atoms with Gasteiger partial charge in [-0.15, -0.1) is 0 Å². The van der Waals surface area contributed by atoms with Crippen LogP contribution in [0.3, 0.4) is 0 Å². The minimum Gasteiger partial charge on any atom is -0.463 e. The van der Waals surface area contributed by atoms with Crippen molar-refractivity contribution in [2.75, 3.05) is 18.1 Å². The predicted molar refractivity (Wildman–Crippen MR) is 136 cm³/mol.